The molecule has 0 aromatic carbocycles. The third-order valence-corrected chi connectivity index (χ3v) is 3.87. The van der Waals surface area contributed by atoms with Crippen LogP contribution in [0.3, 0.4) is 0 Å². The second-order valence-corrected chi connectivity index (χ2v) is 5.20. The van der Waals surface area contributed by atoms with Crippen LogP contribution in [0.1, 0.15) is 69.8 Å². The first-order valence-corrected chi connectivity index (χ1v) is 6.65. The van der Waals surface area contributed by atoms with E-state index in [1.54, 1.807) is 0 Å². The molecular formula is C14H16O5. The van der Waals surface area contributed by atoms with Crippen LogP contribution >= 0.6 is 0 Å². The Morgan fingerprint density at radius 1 is 1.11 bits per heavy atom. The standard InChI is InChI=1S/C14H16O5/c15-7-10-11(14(16)17)13(9-3-5-18-6-4-9)19-12(10)8-1-2-8/h7-9H,1-6H2,(H,16,17). The van der Waals surface area contributed by atoms with Crippen molar-refractivity contribution in [3.63, 3.8) is 0 Å². The van der Waals surface area contributed by atoms with Gasteiger partial charge in [-0.2, -0.15) is 0 Å². The summed E-state index contributed by atoms with van der Waals surface area (Å²) in [4.78, 5) is 22.7. The molecule has 0 unspecified atom stereocenters. The van der Waals surface area contributed by atoms with Crippen molar-refractivity contribution in [1.82, 2.24) is 0 Å². The molecule has 1 aromatic rings. The molecule has 1 aliphatic heterocycles. The van der Waals surface area contributed by atoms with Gasteiger partial charge in [0.25, 0.3) is 0 Å². The number of hydrogen-bond donors (Lipinski definition) is 1. The molecule has 2 heterocycles. The third kappa shape index (κ3) is 2.18. The lowest BCUT2D eigenvalue weighted by Gasteiger charge is -2.20. The van der Waals surface area contributed by atoms with Gasteiger partial charge in [0.2, 0.25) is 0 Å². The van der Waals surface area contributed by atoms with E-state index in [0.717, 1.165) is 25.7 Å². The van der Waals surface area contributed by atoms with E-state index in [2.05, 4.69) is 0 Å². The fourth-order valence-electron chi connectivity index (χ4n) is 2.71. The minimum Gasteiger partial charge on any atom is -0.478 e. The van der Waals surface area contributed by atoms with E-state index in [1.165, 1.54) is 0 Å². The Hall–Kier alpha value is -1.62. The predicted molar refractivity (Wildman–Crippen MR) is 65.8 cm³/mol. The summed E-state index contributed by atoms with van der Waals surface area (Å²) in [6.45, 7) is 1.22. The maximum absolute atomic E-state index is 11.5. The van der Waals surface area contributed by atoms with Crippen LogP contribution in [0.5, 0.6) is 0 Å². The van der Waals surface area contributed by atoms with Crippen LogP contribution in [0.15, 0.2) is 4.42 Å². The second-order valence-electron chi connectivity index (χ2n) is 5.20. The van der Waals surface area contributed by atoms with Gasteiger partial charge in [-0.1, -0.05) is 0 Å². The Labute approximate surface area is 110 Å². The average molecular weight is 264 g/mol. The smallest absolute Gasteiger partial charge is 0.340 e. The normalized spacial score (nSPS) is 20.4. The number of aromatic carboxylic acids is 1. The van der Waals surface area contributed by atoms with Gasteiger partial charge in [0.1, 0.15) is 17.1 Å². The van der Waals surface area contributed by atoms with Gasteiger partial charge in [-0.3, -0.25) is 4.79 Å². The van der Waals surface area contributed by atoms with E-state index in [0.29, 0.717) is 31.0 Å². The summed E-state index contributed by atoms with van der Waals surface area (Å²) in [5.41, 5.74) is 0.320. The van der Waals surface area contributed by atoms with Crippen molar-refractivity contribution < 1.29 is 23.8 Å². The van der Waals surface area contributed by atoms with Gasteiger partial charge in [0, 0.05) is 25.0 Å². The fraction of sp³-hybridized carbons (Fsp3) is 0.571. The number of hydrogen-bond acceptors (Lipinski definition) is 4. The largest absolute Gasteiger partial charge is 0.478 e. The summed E-state index contributed by atoms with van der Waals surface area (Å²) in [5.74, 6) is 0.255. The van der Waals surface area contributed by atoms with E-state index in [9.17, 15) is 14.7 Å². The van der Waals surface area contributed by atoms with E-state index >= 15 is 0 Å². The molecule has 0 atom stereocenters. The third-order valence-electron chi connectivity index (χ3n) is 3.87. The molecule has 1 N–H and O–H groups in total. The summed E-state index contributed by atoms with van der Waals surface area (Å²) < 4.78 is 11.1. The molecule has 1 saturated heterocycles. The zero-order chi connectivity index (χ0) is 13.4. The summed E-state index contributed by atoms with van der Waals surface area (Å²) in [7, 11) is 0. The molecule has 0 radical (unpaired) electrons. The molecule has 102 valence electrons. The number of ether oxygens (including phenoxy) is 1. The summed E-state index contributed by atoms with van der Waals surface area (Å²) in [6, 6.07) is 0. The zero-order valence-corrected chi connectivity index (χ0v) is 10.6. The van der Waals surface area contributed by atoms with Crippen LogP contribution < -0.4 is 0 Å². The van der Waals surface area contributed by atoms with Crippen molar-refractivity contribution in [2.24, 2.45) is 0 Å². The minimum atomic E-state index is -1.07. The summed E-state index contributed by atoms with van der Waals surface area (Å²) in [6.07, 6.45) is 4.07. The number of carbonyl (C=O) groups is 2. The molecule has 1 aliphatic carbocycles. The number of carboxylic acid groups (broad SMARTS) is 1. The molecular weight excluding hydrogens is 248 g/mol. The molecule has 19 heavy (non-hydrogen) atoms. The molecule has 2 aliphatic rings. The molecule has 2 fully saturated rings. The monoisotopic (exact) mass is 264 g/mol. The van der Waals surface area contributed by atoms with Gasteiger partial charge in [-0.05, 0) is 25.7 Å². The highest BCUT2D eigenvalue weighted by molar-refractivity contribution is 5.99. The number of aldehydes is 1. The fourth-order valence-corrected chi connectivity index (χ4v) is 2.71. The Bertz CT molecular complexity index is 506. The summed E-state index contributed by atoms with van der Waals surface area (Å²) >= 11 is 0. The van der Waals surface area contributed by atoms with Crippen molar-refractivity contribution in [1.29, 1.82) is 0 Å². The molecule has 1 aromatic heterocycles. The number of rotatable bonds is 4. The topological polar surface area (TPSA) is 76.7 Å². The van der Waals surface area contributed by atoms with E-state index in [4.69, 9.17) is 9.15 Å². The van der Waals surface area contributed by atoms with Crippen LogP contribution in [0.25, 0.3) is 0 Å². The Kier molecular flexibility index (Phi) is 3.14. The average Bonchev–Trinajstić information content (AvgIpc) is 3.19. The van der Waals surface area contributed by atoms with E-state index < -0.39 is 5.97 Å². The van der Waals surface area contributed by atoms with Crippen molar-refractivity contribution >= 4 is 12.3 Å². The van der Waals surface area contributed by atoms with Crippen LogP contribution in [0, 0.1) is 0 Å². The highest BCUT2D eigenvalue weighted by atomic mass is 16.5. The van der Waals surface area contributed by atoms with Gasteiger partial charge >= 0.3 is 5.97 Å². The van der Waals surface area contributed by atoms with Gasteiger partial charge in [-0.15, -0.1) is 0 Å². The van der Waals surface area contributed by atoms with Crippen molar-refractivity contribution in [3.8, 4) is 0 Å². The predicted octanol–water partition coefficient (Wildman–Crippen LogP) is 2.56. The maximum Gasteiger partial charge on any atom is 0.340 e. The maximum atomic E-state index is 11.5. The van der Waals surface area contributed by atoms with Crippen molar-refractivity contribution in [2.75, 3.05) is 13.2 Å². The minimum absolute atomic E-state index is 0.0473. The van der Waals surface area contributed by atoms with Crippen LogP contribution in [0.2, 0.25) is 0 Å². The molecule has 5 nitrogen and oxygen atoms in total. The van der Waals surface area contributed by atoms with E-state index in [1.807, 2.05) is 0 Å². The van der Waals surface area contributed by atoms with E-state index in [-0.39, 0.29) is 23.0 Å². The lowest BCUT2D eigenvalue weighted by Crippen LogP contribution is -2.16. The number of carbonyl (C=O) groups excluding carboxylic acids is 1. The molecule has 0 bridgehead atoms. The Morgan fingerprint density at radius 2 is 1.74 bits per heavy atom. The Morgan fingerprint density at radius 3 is 2.26 bits per heavy atom. The van der Waals surface area contributed by atoms with Gasteiger partial charge in [-0.25, -0.2) is 4.79 Å². The first-order valence-electron chi connectivity index (χ1n) is 6.65. The lowest BCUT2D eigenvalue weighted by atomic mass is 9.93. The van der Waals surface area contributed by atoms with Crippen molar-refractivity contribution in [3.05, 3.63) is 22.6 Å². The van der Waals surface area contributed by atoms with Gasteiger partial charge in [0.05, 0.1) is 5.56 Å². The molecule has 1 saturated carbocycles. The highest BCUT2D eigenvalue weighted by Crippen LogP contribution is 2.45. The Balaban J connectivity index is 2.05. The number of furan rings is 1. The van der Waals surface area contributed by atoms with Gasteiger partial charge < -0.3 is 14.3 Å². The molecule has 0 spiro atoms. The zero-order valence-electron chi connectivity index (χ0n) is 10.6. The molecule has 5 heteroatoms. The highest BCUT2D eigenvalue weighted by Gasteiger charge is 2.37. The van der Waals surface area contributed by atoms with Crippen molar-refractivity contribution in [2.45, 2.75) is 37.5 Å². The lowest BCUT2D eigenvalue weighted by molar-refractivity contribution is 0.0673. The van der Waals surface area contributed by atoms with Crippen LogP contribution in [-0.2, 0) is 4.74 Å². The molecule has 0 amide bonds. The summed E-state index contributed by atoms with van der Waals surface area (Å²) in [5, 5.41) is 9.37. The second kappa shape index (κ2) is 4.81. The van der Waals surface area contributed by atoms with Gasteiger partial charge in [0.15, 0.2) is 6.29 Å². The number of carboxylic acids is 1. The quantitative estimate of drug-likeness (QED) is 0.846. The molecule has 3 rings (SSSR count). The van der Waals surface area contributed by atoms with Crippen LogP contribution in [0.4, 0.5) is 0 Å². The first kappa shape index (κ1) is 12.4. The first-order chi connectivity index (χ1) is 9.22. The SMILES string of the molecule is O=Cc1c(C2CC2)oc(C2CCOCC2)c1C(=O)O. The van der Waals surface area contributed by atoms with Crippen LogP contribution in [-0.4, -0.2) is 30.6 Å².